The van der Waals surface area contributed by atoms with Crippen LogP contribution in [0.5, 0.6) is 0 Å². The monoisotopic (exact) mass is 566 g/mol. The highest BCUT2D eigenvalue weighted by molar-refractivity contribution is 7.92. The van der Waals surface area contributed by atoms with Gasteiger partial charge in [-0.1, -0.05) is 80.6 Å². The summed E-state index contributed by atoms with van der Waals surface area (Å²) in [6.07, 6.45) is 1.14. The normalized spacial score (nSPS) is 12.0. The van der Waals surface area contributed by atoms with Gasteiger partial charge in [-0.3, -0.25) is 24.0 Å². The third-order valence-corrected chi connectivity index (χ3v) is 7.30. The molecule has 1 unspecified atom stereocenters. The minimum atomic E-state index is -4.03. The molecule has 40 heavy (non-hydrogen) atoms. The summed E-state index contributed by atoms with van der Waals surface area (Å²) >= 11 is 0. The minimum absolute atomic E-state index is 0.0198. The van der Waals surface area contributed by atoms with Crippen LogP contribution in [-0.2, 0) is 32.6 Å². The van der Waals surface area contributed by atoms with Crippen LogP contribution in [0.4, 0.5) is 11.4 Å². The SMILES string of the molecule is CC(C)CNC(=O)C(Cc1ccccc1)N(Cc1ccccc1)C(=O)CN(c1cccc([N+](=O)[O-])c1)S(C)(=O)=O. The topological polar surface area (TPSA) is 130 Å². The van der Waals surface area contributed by atoms with Crippen molar-refractivity contribution in [1.82, 2.24) is 10.2 Å². The number of hydrogen-bond acceptors (Lipinski definition) is 6. The van der Waals surface area contributed by atoms with Crippen LogP contribution in [0.1, 0.15) is 25.0 Å². The average Bonchev–Trinajstić information content (AvgIpc) is 2.92. The fraction of sp³-hybridized carbons (Fsp3) is 0.310. The number of non-ortho nitro benzene ring substituents is 1. The number of benzene rings is 3. The van der Waals surface area contributed by atoms with Gasteiger partial charge in [-0.25, -0.2) is 8.42 Å². The summed E-state index contributed by atoms with van der Waals surface area (Å²) in [4.78, 5) is 39.6. The van der Waals surface area contributed by atoms with Crippen LogP contribution < -0.4 is 9.62 Å². The maximum atomic E-state index is 14.0. The number of carbonyl (C=O) groups excluding carboxylic acids is 2. The molecule has 0 aliphatic carbocycles. The summed E-state index contributed by atoms with van der Waals surface area (Å²) in [6, 6.07) is 22.5. The van der Waals surface area contributed by atoms with Crippen molar-refractivity contribution in [3.8, 4) is 0 Å². The molecule has 0 aromatic heterocycles. The Kier molecular flexibility index (Phi) is 10.4. The summed E-state index contributed by atoms with van der Waals surface area (Å²) in [5.41, 5.74) is 1.26. The molecule has 0 saturated heterocycles. The number of rotatable bonds is 13. The van der Waals surface area contributed by atoms with Crippen LogP contribution in [-0.4, -0.2) is 55.4 Å². The first-order valence-electron chi connectivity index (χ1n) is 12.8. The third-order valence-electron chi connectivity index (χ3n) is 6.16. The molecule has 11 heteroatoms. The first-order chi connectivity index (χ1) is 19.0. The molecular formula is C29H34N4O6S. The van der Waals surface area contributed by atoms with Crippen LogP contribution in [0.25, 0.3) is 0 Å². The Balaban J connectivity index is 2.04. The van der Waals surface area contributed by atoms with E-state index in [1.807, 2.05) is 74.5 Å². The Morgan fingerprint density at radius 2 is 1.52 bits per heavy atom. The Hall–Kier alpha value is -4.25. The predicted molar refractivity (Wildman–Crippen MR) is 154 cm³/mol. The van der Waals surface area contributed by atoms with Crippen LogP contribution in [0.2, 0.25) is 0 Å². The fourth-order valence-electron chi connectivity index (χ4n) is 4.13. The first-order valence-corrected chi connectivity index (χ1v) is 14.7. The zero-order valence-corrected chi connectivity index (χ0v) is 23.6. The molecule has 3 rings (SSSR count). The van der Waals surface area contributed by atoms with E-state index >= 15 is 0 Å². The molecular weight excluding hydrogens is 532 g/mol. The van der Waals surface area contributed by atoms with Crippen molar-refractivity contribution in [2.24, 2.45) is 5.92 Å². The van der Waals surface area contributed by atoms with Crippen LogP contribution in [0, 0.1) is 16.0 Å². The molecule has 0 aliphatic heterocycles. The predicted octanol–water partition coefficient (Wildman–Crippen LogP) is 3.77. The van der Waals surface area contributed by atoms with Crippen molar-refractivity contribution < 1.29 is 22.9 Å². The quantitative estimate of drug-likeness (QED) is 0.248. The highest BCUT2D eigenvalue weighted by atomic mass is 32.2. The maximum Gasteiger partial charge on any atom is 0.271 e. The van der Waals surface area contributed by atoms with Crippen molar-refractivity contribution in [2.75, 3.05) is 23.7 Å². The third kappa shape index (κ3) is 8.63. The fourth-order valence-corrected chi connectivity index (χ4v) is 4.97. The van der Waals surface area contributed by atoms with E-state index in [9.17, 15) is 28.1 Å². The molecule has 0 heterocycles. The lowest BCUT2D eigenvalue weighted by atomic mass is 10.0. The number of anilines is 1. The summed E-state index contributed by atoms with van der Waals surface area (Å²) < 4.78 is 26.4. The van der Waals surface area contributed by atoms with E-state index in [0.717, 1.165) is 27.8 Å². The second-order valence-electron chi connectivity index (χ2n) is 9.90. The van der Waals surface area contributed by atoms with E-state index in [0.29, 0.717) is 6.54 Å². The van der Waals surface area contributed by atoms with Crippen molar-refractivity contribution >= 4 is 33.2 Å². The van der Waals surface area contributed by atoms with Crippen molar-refractivity contribution in [3.63, 3.8) is 0 Å². The van der Waals surface area contributed by atoms with Crippen molar-refractivity contribution in [1.29, 1.82) is 0 Å². The van der Waals surface area contributed by atoms with Gasteiger partial charge in [-0.15, -0.1) is 0 Å². The van der Waals surface area contributed by atoms with Gasteiger partial charge >= 0.3 is 0 Å². The minimum Gasteiger partial charge on any atom is -0.354 e. The molecule has 1 atom stereocenters. The van der Waals surface area contributed by atoms with Gasteiger partial charge in [-0.2, -0.15) is 0 Å². The first kappa shape index (κ1) is 30.3. The maximum absolute atomic E-state index is 14.0. The van der Waals surface area contributed by atoms with Gasteiger partial charge in [0.05, 0.1) is 16.9 Å². The van der Waals surface area contributed by atoms with Crippen LogP contribution in [0.3, 0.4) is 0 Å². The number of nitrogens with one attached hydrogen (secondary N) is 1. The molecule has 0 saturated carbocycles. The van der Waals surface area contributed by atoms with E-state index in [1.165, 1.54) is 23.1 Å². The molecule has 10 nitrogen and oxygen atoms in total. The molecule has 0 spiro atoms. The standard InChI is InChI=1S/C29H34N4O6S/c1-22(2)19-30-29(35)27(17-23-11-6-4-7-12-23)31(20-24-13-8-5-9-14-24)28(34)21-32(40(3,38)39)25-15-10-16-26(18-25)33(36)37/h4-16,18,22,27H,17,19-21H2,1-3H3,(H,30,35). The van der Waals surface area contributed by atoms with Gasteiger partial charge in [0.1, 0.15) is 12.6 Å². The number of nitro groups is 1. The molecule has 3 aromatic rings. The van der Waals surface area contributed by atoms with Crippen LogP contribution >= 0.6 is 0 Å². The average molecular weight is 567 g/mol. The summed E-state index contributed by atoms with van der Waals surface area (Å²) in [5, 5.41) is 14.2. The smallest absolute Gasteiger partial charge is 0.271 e. The summed E-state index contributed by atoms with van der Waals surface area (Å²) in [6.45, 7) is 3.74. The summed E-state index contributed by atoms with van der Waals surface area (Å²) in [7, 11) is -4.03. The van der Waals surface area contributed by atoms with E-state index in [2.05, 4.69) is 5.32 Å². The van der Waals surface area contributed by atoms with Crippen LogP contribution in [0.15, 0.2) is 84.9 Å². The van der Waals surface area contributed by atoms with E-state index in [-0.39, 0.29) is 36.2 Å². The Morgan fingerprint density at radius 1 is 0.925 bits per heavy atom. The van der Waals surface area contributed by atoms with Crippen molar-refractivity contribution in [3.05, 3.63) is 106 Å². The second-order valence-corrected chi connectivity index (χ2v) is 11.8. The number of nitro benzene ring substituents is 1. The van der Waals surface area contributed by atoms with Gasteiger partial charge in [0.15, 0.2) is 0 Å². The Bertz CT molecular complexity index is 1410. The molecule has 0 fully saturated rings. The molecule has 3 aromatic carbocycles. The van der Waals surface area contributed by atoms with Gasteiger partial charge in [0.2, 0.25) is 21.8 Å². The van der Waals surface area contributed by atoms with Gasteiger partial charge in [0, 0.05) is 31.6 Å². The number of amides is 2. The Morgan fingerprint density at radius 3 is 2.08 bits per heavy atom. The lowest BCUT2D eigenvalue weighted by Crippen LogP contribution is -2.53. The highest BCUT2D eigenvalue weighted by Crippen LogP contribution is 2.24. The lowest BCUT2D eigenvalue weighted by Gasteiger charge is -2.33. The Labute approximate surface area is 234 Å². The largest absolute Gasteiger partial charge is 0.354 e. The molecule has 0 radical (unpaired) electrons. The molecule has 2 amide bonds. The number of nitrogens with zero attached hydrogens (tertiary/aromatic N) is 3. The number of sulfonamides is 1. The molecule has 1 N–H and O–H groups in total. The molecule has 0 bridgehead atoms. The zero-order valence-electron chi connectivity index (χ0n) is 22.8. The molecule has 0 aliphatic rings. The van der Waals surface area contributed by atoms with Gasteiger partial charge in [0.25, 0.3) is 5.69 Å². The van der Waals surface area contributed by atoms with Gasteiger partial charge in [-0.05, 0) is 23.1 Å². The van der Waals surface area contributed by atoms with E-state index in [1.54, 1.807) is 0 Å². The highest BCUT2D eigenvalue weighted by Gasteiger charge is 2.33. The van der Waals surface area contributed by atoms with E-state index < -0.39 is 33.4 Å². The summed E-state index contributed by atoms with van der Waals surface area (Å²) in [5.74, 6) is -0.807. The number of hydrogen-bond donors (Lipinski definition) is 1. The van der Waals surface area contributed by atoms with E-state index in [4.69, 9.17) is 0 Å². The zero-order chi connectivity index (χ0) is 29.3. The lowest BCUT2D eigenvalue weighted by molar-refractivity contribution is -0.384. The van der Waals surface area contributed by atoms with Gasteiger partial charge < -0.3 is 10.2 Å². The van der Waals surface area contributed by atoms with Crippen molar-refractivity contribution in [2.45, 2.75) is 32.9 Å². The second kappa shape index (κ2) is 13.7. The molecule has 212 valence electrons. The number of carbonyl (C=O) groups is 2.